The van der Waals surface area contributed by atoms with E-state index in [1.165, 1.54) is 12.1 Å². The minimum atomic E-state index is -0.330. The molecule has 0 aliphatic rings. The summed E-state index contributed by atoms with van der Waals surface area (Å²) < 4.78 is 27.7. The van der Waals surface area contributed by atoms with Crippen LogP contribution in [0.1, 0.15) is 57.2 Å². The van der Waals surface area contributed by atoms with Crippen LogP contribution in [0, 0.1) is 24.5 Å². The Labute approximate surface area is 115 Å². The second kappa shape index (κ2) is 7.59. The summed E-state index contributed by atoms with van der Waals surface area (Å²) in [5.74, 6) is -0.155. The molecule has 19 heavy (non-hydrogen) atoms. The summed E-state index contributed by atoms with van der Waals surface area (Å²) >= 11 is 0. The Morgan fingerprint density at radius 1 is 1.16 bits per heavy atom. The van der Waals surface area contributed by atoms with Crippen molar-refractivity contribution in [3.05, 3.63) is 34.9 Å². The highest BCUT2D eigenvalue weighted by atomic mass is 19.1. The number of aryl methyl sites for hydroxylation is 1. The van der Waals surface area contributed by atoms with Gasteiger partial charge in [0.1, 0.15) is 11.6 Å². The summed E-state index contributed by atoms with van der Waals surface area (Å²) in [6, 6.07) is 2.53. The summed E-state index contributed by atoms with van der Waals surface area (Å²) in [7, 11) is 0. The van der Waals surface area contributed by atoms with Crippen molar-refractivity contribution < 1.29 is 8.78 Å². The van der Waals surface area contributed by atoms with Gasteiger partial charge in [0.25, 0.3) is 0 Å². The fraction of sp³-hybridized carbons (Fsp3) is 0.625. The molecule has 0 radical (unpaired) electrons. The molecule has 3 heteroatoms. The van der Waals surface area contributed by atoms with Crippen molar-refractivity contribution in [3.8, 4) is 0 Å². The zero-order chi connectivity index (χ0) is 14.4. The maximum Gasteiger partial charge on any atom is 0.128 e. The van der Waals surface area contributed by atoms with E-state index in [-0.39, 0.29) is 17.7 Å². The lowest BCUT2D eigenvalue weighted by molar-refractivity contribution is 0.390. The second-order valence-corrected chi connectivity index (χ2v) is 5.38. The van der Waals surface area contributed by atoms with E-state index in [2.05, 4.69) is 26.1 Å². The molecule has 0 bridgehead atoms. The first kappa shape index (κ1) is 16.1. The van der Waals surface area contributed by atoms with E-state index in [0.29, 0.717) is 17.0 Å². The highest BCUT2D eigenvalue weighted by molar-refractivity contribution is 5.27. The summed E-state index contributed by atoms with van der Waals surface area (Å²) in [6.45, 7) is 8.73. The fourth-order valence-corrected chi connectivity index (χ4v) is 2.14. The lowest BCUT2D eigenvalue weighted by atomic mass is 9.93. The number of rotatable bonds is 7. The molecule has 1 N–H and O–H groups in total. The van der Waals surface area contributed by atoms with Crippen molar-refractivity contribution in [3.63, 3.8) is 0 Å². The number of nitrogens with one attached hydrogen (secondary N) is 1. The van der Waals surface area contributed by atoms with Gasteiger partial charge in [0, 0.05) is 11.6 Å². The molecule has 0 amide bonds. The number of hydrogen-bond acceptors (Lipinski definition) is 1. The monoisotopic (exact) mass is 269 g/mol. The Balaban J connectivity index is 2.98. The van der Waals surface area contributed by atoms with Gasteiger partial charge in [-0.15, -0.1) is 0 Å². The minimum Gasteiger partial charge on any atom is -0.310 e. The zero-order valence-electron chi connectivity index (χ0n) is 12.4. The molecule has 1 nitrogen and oxygen atoms in total. The quantitative estimate of drug-likeness (QED) is 0.753. The van der Waals surface area contributed by atoms with Gasteiger partial charge in [0.2, 0.25) is 0 Å². The molecular formula is C16H25F2N. The molecule has 1 aromatic rings. The van der Waals surface area contributed by atoms with Gasteiger partial charge in [-0.05, 0) is 49.9 Å². The van der Waals surface area contributed by atoms with Crippen molar-refractivity contribution in [2.75, 3.05) is 6.54 Å². The lowest BCUT2D eigenvalue weighted by Crippen LogP contribution is -2.25. The SMILES string of the molecule is CCCNC(CC(C)CC)c1cc(F)c(C)cc1F. The molecule has 2 unspecified atom stereocenters. The second-order valence-electron chi connectivity index (χ2n) is 5.38. The summed E-state index contributed by atoms with van der Waals surface area (Å²) in [4.78, 5) is 0. The van der Waals surface area contributed by atoms with Gasteiger partial charge >= 0.3 is 0 Å². The minimum absolute atomic E-state index is 0.106. The van der Waals surface area contributed by atoms with E-state index in [1.807, 2.05) is 0 Å². The first-order valence-electron chi connectivity index (χ1n) is 7.18. The predicted molar refractivity (Wildman–Crippen MR) is 76.2 cm³/mol. The lowest BCUT2D eigenvalue weighted by Gasteiger charge is -2.23. The Hall–Kier alpha value is -0.960. The highest BCUT2D eigenvalue weighted by Crippen LogP contribution is 2.27. The van der Waals surface area contributed by atoms with E-state index < -0.39 is 0 Å². The van der Waals surface area contributed by atoms with Gasteiger partial charge < -0.3 is 5.32 Å². The predicted octanol–water partition coefficient (Wildman–Crippen LogP) is 4.75. The molecule has 0 aromatic heterocycles. The molecule has 0 fully saturated rings. The summed E-state index contributed by atoms with van der Waals surface area (Å²) in [5, 5.41) is 3.33. The van der Waals surface area contributed by atoms with Gasteiger partial charge in [0.15, 0.2) is 0 Å². The van der Waals surface area contributed by atoms with Gasteiger partial charge in [-0.1, -0.05) is 27.2 Å². The maximum absolute atomic E-state index is 14.1. The first-order chi connectivity index (χ1) is 8.99. The van der Waals surface area contributed by atoms with Gasteiger partial charge in [0.05, 0.1) is 0 Å². The van der Waals surface area contributed by atoms with Crippen molar-refractivity contribution in [1.29, 1.82) is 0 Å². The number of hydrogen-bond donors (Lipinski definition) is 1. The van der Waals surface area contributed by atoms with E-state index >= 15 is 0 Å². The van der Waals surface area contributed by atoms with E-state index in [4.69, 9.17) is 0 Å². The van der Waals surface area contributed by atoms with Crippen molar-refractivity contribution in [2.45, 2.75) is 53.0 Å². The van der Waals surface area contributed by atoms with Crippen LogP contribution in [0.3, 0.4) is 0 Å². The fourth-order valence-electron chi connectivity index (χ4n) is 2.14. The van der Waals surface area contributed by atoms with Crippen LogP contribution < -0.4 is 5.32 Å². The molecule has 0 saturated heterocycles. The van der Waals surface area contributed by atoms with Gasteiger partial charge in [-0.25, -0.2) is 8.78 Å². The van der Waals surface area contributed by atoms with Crippen molar-refractivity contribution in [2.24, 2.45) is 5.92 Å². The Bertz CT molecular complexity index is 404. The molecule has 2 atom stereocenters. The van der Waals surface area contributed by atoms with Crippen molar-refractivity contribution >= 4 is 0 Å². The molecule has 0 spiro atoms. The molecule has 1 rings (SSSR count). The third kappa shape index (κ3) is 4.57. The first-order valence-corrected chi connectivity index (χ1v) is 7.18. The van der Waals surface area contributed by atoms with Crippen LogP contribution in [0.25, 0.3) is 0 Å². The normalized spacial score (nSPS) is 14.4. The van der Waals surface area contributed by atoms with Gasteiger partial charge in [-0.2, -0.15) is 0 Å². The third-order valence-corrected chi connectivity index (χ3v) is 3.63. The zero-order valence-corrected chi connectivity index (χ0v) is 12.4. The maximum atomic E-state index is 14.1. The summed E-state index contributed by atoms with van der Waals surface area (Å²) in [6.07, 6.45) is 2.85. The van der Waals surface area contributed by atoms with Crippen molar-refractivity contribution in [1.82, 2.24) is 5.32 Å². The van der Waals surface area contributed by atoms with E-state index in [0.717, 1.165) is 25.8 Å². The molecule has 0 heterocycles. The molecule has 1 aromatic carbocycles. The molecular weight excluding hydrogens is 244 g/mol. The third-order valence-electron chi connectivity index (χ3n) is 3.63. The van der Waals surface area contributed by atoms with Gasteiger partial charge in [-0.3, -0.25) is 0 Å². The van der Waals surface area contributed by atoms with Crippen LogP contribution in [0.4, 0.5) is 8.78 Å². The van der Waals surface area contributed by atoms with Crippen LogP contribution in [0.2, 0.25) is 0 Å². The molecule has 0 aliphatic heterocycles. The van der Waals surface area contributed by atoms with E-state index in [9.17, 15) is 8.78 Å². The number of halogens is 2. The largest absolute Gasteiger partial charge is 0.310 e. The standard InChI is InChI=1S/C16H25F2N/c1-5-7-19-16(8-11(3)6-2)13-10-14(17)12(4)9-15(13)18/h9-11,16,19H,5-8H2,1-4H3. The number of benzene rings is 1. The van der Waals surface area contributed by atoms with Crippen LogP contribution in [0.15, 0.2) is 12.1 Å². The molecule has 0 saturated carbocycles. The average molecular weight is 269 g/mol. The van der Waals surface area contributed by atoms with Crippen LogP contribution in [0.5, 0.6) is 0 Å². The topological polar surface area (TPSA) is 12.0 Å². The van der Waals surface area contributed by atoms with Crippen LogP contribution in [-0.4, -0.2) is 6.54 Å². The highest BCUT2D eigenvalue weighted by Gasteiger charge is 2.19. The van der Waals surface area contributed by atoms with Crippen LogP contribution in [-0.2, 0) is 0 Å². The van der Waals surface area contributed by atoms with E-state index in [1.54, 1.807) is 6.92 Å². The summed E-state index contributed by atoms with van der Waals surface area (Å²) in [5.41, 5.74) is 0.816. The Kier molecular flexibility index (Phi) is 6.43. The average Bonchev–Trinajstić information content (AvgIpc) is 2.38. The smallest absolute Gasteiger partial charge is 0.128 e. The Morgan fingerprint density at radius 2 is 1.84 bits per heavy atom. The Morgan fingerprint density at radius 3 is 2.42 bits per heavy atom. The van der Waals surface area contributed by atoms with Crippen LogP contribution >= 0.6 is 0 Å². The molecule has 0 aliphatic carbocycles. The molecule has 108 valence electrons.